The highest BCUT2D eigenvalue weighted by molar-refractivity contribution is 7.71. The average Bonchev–Trinajstić information content (AvgIpc) is 3.28. The molecular weight excluding hydrogens is 434 g/mol. The Kier molecular flexibility index (Phi) is 5.39. The smallest absolute Gasteiger partial charge is 0.280 e. The Labute approximate surface area is 189 Å². The first-order chi connectivity index (χ1) is 15.1. The van der Waals surface area contributed by atoms with Crippen LogP contribution in [0.2, 0.25) is 5.02 Å². The van der Waals surface area contributed by atoms with Crippen LogP contribution in [0.5, 0.6) is 0 Å². The molecule has 1 saturated heterocycles. The number of aromatic amines is 1. The molecule has 31 heavy (non-hydrogen) atoms. The first kappa shape index (κ1) is 20.0. The lowest BCUT2D eigenvalue weighted by atomic mass is 10.1. The molecule has 1 N–H and O–H groups in total. The molecule has 0 spiro atoms. The van der Waals surface area contributed by atoms with Gasteiger partial charge in [-0.05, 0) is 68.5 Å². The second-order valence-corrected chi connectivity index (χ2v) is 8.39. The van der Waals surface area contributed by atoms with Crippen LogP contribution >= 0.6 is 23.8 Å². The Bertz CT molecular complexity index is 1210. The van der Waals surface area contributed by atoms with Crippen molar-refractivity contribution in [3.8, 4) is 11.4 Å². The summed E-state index contributed by atoms with van der Waals surface area (Å²) in [6.07, 6.45) is 6.87. The maximum absolute atomic E-state index is 13.5. The van der Waals surface area contributed by atoms with Crippen LogP contribution in [-0.4, -0.2) is 56.1 Å². The van der Waals surface area contributed by atoms with Crippen molar-refractivity contribution in [2.75, 3.05) is 24.7 Å². The van der Waals surface area contributed by atoms with Crippen LogP contribution in [0.4, 0.5) is 5.69 Å². The molecule has 0 aliphatic carbocycles. The van der Waals surface area contributed by atoms with Gasteiger partial charge in [0.2, 0.25) is 4.77 Å². The maximum Gasteiger partial charge on any atom is 0.280 e. The molecule has 0 saturated carbocycles. The lowest BCUT2D eigenvalue weighted by molar-refractivity contribution is -0.112. The van der Waals surface area contributed by atoms with E-state index < -0.39 is 0 Å². The molecule has 0 radical (unpaired) electrons. The fourth-order valence-corrected chi connectivity index (χ4v) is 4.34. The molecule has 1 amide bonds. The first-order valence-electron chi connectivity index (χ1n) is 10.1. The minimum absolute atomic E-state index is 0.174. The standard InChI is InChI=1S/C21H20ClN7OS/c22-15-4-5-17-16(12-15)18(20(30)28(17)13-27-10-2-1-3-11-27)26-29-19(24-25-21(29)31)14-6-8-23-9-7-14/h4-9,12H,1-3,10-11,13H2,(H,25,31)/b26-18+. The van der Waals surface area contributed by atoms with Gasteiger partial charge < -0.3 is 0 Å². The van der Waals surface area contributed by atoms with Crippen LogP contribution < -0.4 is 4.90 Å². The van der Waals surface area contributed by atoms with E-state index in [-0.39, 0.29) is 5.91 Å². The quantitative estimate of drug-likeness (QED) is 0.609. The number of rotatable bonds is 4. The zero-order valence-corrected chi connectivity index (χ0v) is 18.2. The summed E-state index contributed by atoms with van der Waals surface area (Å²) in [5.74, 6) is 0.331. The number of nitrogens with one attached hydrogen (secondary N) is 1. The zero-order chi connectivity index (χ0) is 21.4. The average molecular weight is 454 g/mol. The Morgan fingerprint density at radius 1 is 1.13 bits per heavy atom. The Balaban J connectivity index is 1.58. The van der Waals surface area contributed by atoms with Crippen LogP contribution in [0.25, 0.3) is 11.4 Å². The van der Waals surface area contributed by atoms with Gasteiger partial charge in [-0.3, -0.25) is 19.6 Å². The number of likely N-dealkylation sites (tertiary alicyclic amines) is 1. The second-order valence-electron chi connectivity index (χ2n) is 7.56. The number of carbonyl (C=O) groups is 1. The highest BCUT2D eigenvalue weighted by atomic mass is 35.5. The lowest BCUT2D eigenvalue weighted by Gasteiger charge is -2.30. The number of hydrogen-bond donors (Lipinski definition) is 1. The number of H-pyrrole nitrogens is 1. The van der Waals surface area contributed by atoms with Crippen molar-refractivity contribution in [2.45, 2.75) is 19.3 Å². The topological polar surface area (TPSA) is 82.4 Å². The summed E-state index contributed by atoms with van der Waals surface area (Å²) in [5.41, 5.74) is 2.58. The SMILES string of the molecule is O=C1/C(=N/n2c(-c3ccncc3)n[nH]c2=S)c2cc(Cl)ccc2N1CN1CCCCC1. The van der Waals surface area contributed by atoms with Gasteiger partial charge in [0.1, 0.15) is 0 Å². The van der Waals surface area contributed by atoms with Crippen LogP contribution in [0.3, 0.4) is 0 Å². The van der Waals surface area contributed by atoms with E-state index in [1.165, 1.54) is 11.1 Å². The van der Waals surface area contributed by atoms with E-state index in [2.05, 4.69) is 25.2 Å². The summed E-state index contributed by atoms with van der Waals surface area (Å²) in [5, 5.41) is 12.2. The van der Waals surface area contributed by atoms with Gasteiger partial charge in [-0.25, -0.2) is 5.10 Å². The molecule has 2 aromatic heterocycles. The highest BCUT2D eigenvalue weighted by Crippen LogP contribution is 2.33. The van der Waals surface area contributed by atoms with Crippen molar-refractivity contribution in [1.29, 1.82) is 0 Å². The van der Waals surface area contributed by atoms with E-state index in [1.807, 2.05) is 18.2 Å². The molecule has 1 fully saturated rings. The number of piperidine rings is 1. The maximum atomic E-state index is 13.5. The third-order valence-electron chi connectivity index (χ3n) is 5.53. The van der Waals surface area contributed by atoms with Crippen LogP contribution in [0.15, 0.2) is 47.8 Å². The Morgan fingerprint density at radius 2 is 1.90 bits per heavy atom. The monoisotopic (exact) mass is 453 g/mol. The number of anilines is 1. The summed E-state index contributed by atoms with van der Waals surface area (Å²) in [6, 6.07) is 9.07. The van der Waals surface area contributed by atoms with Gasteiger partial charge in [0.05, 0.1) is 12.4 Å². The van der Waals surface area contributed by atoms with Crippen molar-refractivity contribution in [3.05, 3.63) is 58.1 Å². The van der Waals surface area contributed by atoms with Crippen molar-refractivity contribution < 1.29 is 4.79 Å². The number of pyridine rings is 1. The summed E-state index contributed by atoms with van der Waals surface area (Å²) >= 11 is 11.7. The number of fused-ring (bicyclic) bond motifs is 1. The van der Waals surface area contributed by atoms with E-state index in [1.54, 1.807) is 29.4 Å². The second kappa shape index (κ2) is 8.33. The molecule has 1 aromatic carbocycles. The van der Waals surface area contributed by atoms with E-state index in [0.29, 0.717) is 33.6 Å². The molecule has 5 rings (SSSR count). The van der Waals surface area contributed by atoms with Gasteiger partial charge in [-0.15, -0.1) is 0 Å². The summed E-state index contributed by atoms with van der Waals surface area (Å²) in [6.45, 7) is 2.50. The van der Waals surface area contributed by atoms with Gasteiger partial charge in [-0.2, -0.15) is 14.9 Å². The summed E-state index contributed by atoms with van der Waals surface area (Å²) in [7, 11) is 0. The Morgan fingerprint density at radius 3 is 2.68 bits per heavy atom. The minimum Gasteiger partial charge on any atom is -0.293 e. The number of aromatic nitrogens is 4. The molecule has 8 nitrogen and oxygen atoms in total. The molecule has 158 valence electrons. The normalized spacial score (nSPS) is 18.0. The number of hydrogen-bond acceptors (Lipinski definition) is 6. The molecule has 2 aliphatic heterocycles. The molecule has 4 heterocycles. The first-order valence-corrected chi connectivity index (χ1v) is 10.9. The van der Waals surface area contributed by atoms with Crippen LogP contribution in [0.1, 0.15) is 24.8 Å². The van der Waals surface area contributed by atoms with Crippen LogP contribution in [0, 0.1) is 4.77 Å². The number of halogens is 1. The number of benzene rings is 1. The van der Waals surface area contributed by atoms with Gasteiger partial charge >= 0.3 is 0 Å². The molecular formula is C21H20ClN7OS. The van der Waals surface area contributed by atoms with E-state index in [9.17, 15) is 4.79 Å². The third-order valence-corrected chi connectivity index (χ3v) is 6.03. The number of amides is 1. The summed E-state index contributed by atoms with van der Waals surface area (Å²) < 4.78 is 1.78. The molecule has 10 heteroatoms. The van der Waals surface area contributed by atoms with Crippen molar-refractivity contribution in [2.24, 2.45) is 5.10 Å². The fourth-order valence-electron chi connectivity index (χ4n) is 4.00. The molecule has 0 atom stereocenters. The van der Waals surface area contributed by atoms with E-state index in [0.717, 1.165) is 37.2 Å². The van der Waals surface area contributed by atoms with Gasteiger partial charge in [0.25, 0.3) is 5.91 Å². The van der Waals surface area contributed by atoms with Crippen molar-refractivity contribution in [3.63, 3.8) is 0 Å². The minimum atomic E-state index is -0.174. The predicted molar refractivity (Wildman–Crippen MR) is 122 cm³/mol. The largest absolute Gasteiger partial charge is 0.293 e. The van der Waals surface area contributed by atoms with Gasteiger partial charge in [0, 0.05) is 28.5 Å². The molecule has 2 aliphatic rings. The zero-order valence-electron chi connectivity index (χ0n) is 16.7. The number of nitrogens with zero attached hydrogens (tertiary/aromatic N) is 6. The van der Waals surface area contributed by atoms with E-state index in [4.69, 9.17) is 23.8 Å². The highest BCUT2D eigenvalue weighted by Gasteiger charge is 2.36. The lowest BCUT2D eigenvalue weighted by Crippen LogP contribution is -2.43. The number of carbonyl (C=O) groups excluding carboxylic acids is 1. The fraction of sp³-hybridized carbons (Fsp3) is 0.286. The molecule has 3 aromatic rings. The van der Waals surface area contributed by atoms with Crippen LogP contribution in [-0.2, 0) is 4.79 Å². The third kappa shape index (κ3) is 3.80. The predicted octanol–water partition coefficient (Wildman–Crippen LogP) is 3.70. The Hall–Kier alpha value is -2.88. The van der Waals surface area contributed by atoms with E-state index >= 15 is 0 Å². The van der Waals surface area contributed by atoms with Gasteiger partial charge in [-0.1, -0.05) is 18.0 Å². The van der Waals surface area contributed by atoms with Crippen molar-refractivity contribution >= 4 is 41.1 Å². The van der Waals surface area contributed by atoms with Gasteiger partial charge in [0.15, 0.2) is 11.5 Å². The molecule has 0 bridgehead atoms. The summed E-state index contributed by atoms with van der Waals surface area (Å²) in [4.78, 5) is 21.6. The molecule has 0 unspecified atom stereocenters. The van der Waals surface area contributed by atoms with Crippen molar-refractivity contribution in [1.82, 2.24) is 24.8 Å².